The molecular formula is C11H15NO3. The molecule has 4 heteroatoms. The first kappa shape index (κ1) is 10.3. The Balaban J connectivity index is 2.19. The van der Waals surface area contributed by atoms with Gasteiger partial charge in [-0.1, -0.05) is 12.1 Å². The summed E-state index contributed by atoms with van der Waals surface area (Å²) in [6.07, 6.45) is -0.419. The lowest BCUT2D eigenvalue weighted by Crippen LogP contribution is -2.53. The van der Waals surface area contributed by atoms with Gasteiger partial charge in [-0.3, -0.25) is 0 Å². The van der Waals surface area contributed by atoms with Gasteiger partial charge in [0.2, 0.25) is 0 Å². The summed E-state index contributed by atoms with van der Waals surface area (Å²) in [5.41, 5.74) is 4.41. The van der Waals surface area contributed by atoms with E-state index in [0.717, 1.165) is 0 Å². The Kier molecular flexibility index (Phi) is 2.54. The minimum Gasteiger partial charge on any atom is -0.486 e. The molecular weight excluding hydrogens is 194 g/mol. The number of benzene rings is 1. The fraction of sp³-hybridized carbons (Fsp3) is 0.455. The standard InChI is InChI=1S/C11H15NO3/c1-11(13,7-12)10-6-14-8-4-2-3-5-9(8)15-10/h2-5,10,13H,6-7,12H2,1H3. The molecule has 3 N–H and O–H groups in total. The van der Waals surface area contributed by atoms with Gasteiger partial charge in [0, 0.05) is 6.54 Å². The van der Waals surface area contributed by atoms with Crippen LogP contribution < -0.4 is 15.2 Å². The second kappa shape index (κ2) is 3.72. The Morgan fingerprint density at radius 3 is 2.80 bits per heavy atom. The minimum absolute atomic E-state index is 0.142. The predicted molar refractivity (Wildman–Crippen MR) is 56.0 cm³/mol. The van der Waals surface area contributed by atoms with Crippen LogP contribution in [0.3, 0.4) is 0 Å². The highest BCUT2D eigenvalue weighted by atomic mass is 16.6. The highest BCUT2D eigenvalue weighted by Crippen LogP contribution is 2.33. The number of nitrogens with two attached hydrogens (primary N) is 1. The Hall–Kier alpha value is -1.26. The summed E-state index contributed by atoms with van der Waals surface area (Å²) >= 11 is 0. The SMILES string of the molecule is CC(O)(CN)C1COc2ccccc2O1. The number of ether oxygens (including phenoxy) is 2. The maximum Gasteiger partial charge on any atom is 0.162 e. The van der Waals surface area contributed by atoms with Gasteiger partial charge in [-0.2, -0.15) is 0 Å². The monoisotopic (exact) mass is 209 g/mol. The number of hydrogen-bond acceptors (Lipinski definition) is 4. The number of aliphatic hydroxyl groups is 1. The number of para-hydroxylation sites is 2. The fourth-order valence-corrected chi connectivity index (χ4v) is 1.46. The minimum atomic E-state index is -1.06. The smallest absolute Gasteiger partial charge is 0.162 e. The van der Waals surface area contributed by atoms with Crippen LogP contribution in [0.1, 0.15) is 6.92 Å². The number of rotatable bonds is 2. The Bertz CT molecular complexity index is 351. The second-order valence-corrected chi connectivity index (χ2v) is 3.93. The van der Waals surface area contributed by atoms with E-state index < -0.39 is 11.7 Å². The van der Waals surface area contributed by atoms with Crippen LogP contribution in [0.2, 0.25) is 0 Å². The number of hydrogen-bond donors (Lipinski definition) is 2. The molecule has 2 rings (SSSR count). The molecule has 1 heterocycles. The van der Waals surface area contributed by atoms with Gasteiger partial charge >= 0.3 is 0 Å². The van der Waals surface area contributed by atoms with Crippen molar-refractivity contribution in [3.05, 3.63) is 24.3 Å². The van der Waals surface area contributed by atoms with Gasteiger partial charge < -0.3 is 20.3 Å². The molecule has 1 aliphatic rings. The zero-order valence-electron chi connectivity index (χ0n) is 8.64. The van der Waals surface area contributed by atoms with Gasteiger partial charge in [0.15, 0.2) is 17.6 Å². The quantitative estimate of drug-likeness (QED) is 0.746. The number of fused-ring (bicyclic) bond motifs is 1. The molecule has 0 spiro atoms. The van der Waals surface area contributed by atoms with Crippen molar-refractivity contribution in [2.75, 3.05) is 13.2 Å². The van der Waals surface area contributed by atoms with Crippen molar-refractivity contribution in [2.45, 2.75) is 18.6 Å². The van der Waals surface area contributed by atoms with E-state index >= 15 is 0 Å². The Morgan fingerprint density at radius 2 is 2.13 bits per heavy atom. The molecule has 1 aromatic rings. The van der Waals surface area contributed by atoms with E-state index in [4.69, 9.17) is 15.2 Å². The van der Waals surface area contributed by atoms with Crippen molar-refractivity contribution in [1.82, 2.24) is 0 Å². The zero-order valence-corrected chi connectivity index (χ0v) is 8.64. The molecule has 0 aromatic heterocycles. The van der Waals surface area contributed by atoms with Crippen LogP contribution in [-0.2, 0) is 0 Å². The van der Waals surface area contributed by atoms with Crippen LogP contribution >= 0.6 is 0 Å². The summed E-state index contributed by atoms with van der Waals surface area (Å²) in [7, 11) is 0. The summed E-state index contributed by atoms with van der Waals surface area (Å²) in [6.45, 7) is 2.11. The first-order valence-electron chi connectivity index (χ1n) is 4.94. The molecule has 2 atom stereocenters. The zero-order chi connectivity index (χ0) is 10.9. The maximum atomic E-state index is 9.94. The van der Waals surface area contributed by atoms with Crippen molar-refractivity contribution in [1.29, 1.82) is 0 Å². The summed E-state index contributed by atoms with van der Waals surface area (Å²) in [6, 6.07) is 7.39. The third-order valence-electron chi connectivity index (χ3n) is 2.62. The topological polar surface area (TPSA) is 64.7 Å². The van der Waals surface area contributed by atoms with Crippen LogP contribution in [0.25, 0.3) is 0 Å². The van der Waals surface area contributed by atoms with Gasteiger partial charge in [0.25, 0.3) is 0 Å². The van der Waals surface area contributed by atoms with Gasteiger partial charge in [0.05, 0.1) is 0 Å². The van der Waals surface area contributed by atoms with Gasteiger partial charge in [-0.15, -0.1) is 0 Å². The lowest BCUT2D eigenvalue weighted by molar-refractivity contribution is -0.0710. The van der Waals surface area contributed by atoms with E-state index in [-0.39, 0.29) is 6.54 Å². The van der Waals surface area contributed by atoms with Crippen LogP contribution in [0, 0.1) is 0 Å². The van der Waals surface area contributed by atoms with Crippen molar-refractivity contribution in [3.8, 4) is 11.5 Å². The van der Waals surface area contributed by atoms with Crippen LogP contribution in [0.5, 0.6) is 11.5 Å². The maximum absolute atomic E-state index is 9.94. The molecule has 1 aromatic carbocycles. The average Bonchev–Trinajstić information content (AvgIpc) is 2.28. The first-order valence-corrected chi connectivity index (χ1v) is 4.94. The largest absolute Gasteiger partial charge is 0.486 e. The van der Waals surface area contributed by atoms with Crippen molar-refractivity contribution >= 4 is 0 Å². The fourth-order valence-electron chi connectivity index (χ4n) is 1.46. The second-order valence-electron chi connectivity index (χ2n) is 3.93. The highest BCUT2D eigenvalue weighted by molar-refractivity contribution is 5.40. The molecule has 0 bridgehead atoms. The van der Waals surface area contributed by atoms with Crippen LogP contribution in [-0.4, -0.2) is 30.0 Å². The molecule has 0 aliphatic carbocycles. The van der Waals surface area contributed by atoms with Crippen LogP contribution in [0.4, 0.5) is 0 Å². The highest BCUT2D eigenvalue weighted by Gasteiger charge is 2.36. The third-order valence-corrected chi connectivity index (χ3v) is 2.62. The molecule has 82 valence electrons. The van der Waals surface area contributed by atoms with Gasteiger partial charge in [0.1, 0.15) is 12.2 Å². The Labute approximate surface area is 88.6 Å². The summed E-state index contributed by atoms with van der Waals surface area (Å²) in [4.78, 5) is 0. The van der Waals surface area contributed by atoms with E-state index in [1.165, 1.54) is 0 Å². The molecule has 15 heavy (non-hydrogen) atoms. The normalized spacial score (nSPS) is 23.3. The van der Waals surface area contributed by atoms with E-state index in [9.17, 15) is 5.11 Å². The summed E-state index contributed by atoms with van der Waals surface area (Å²) < 4.78 is 11.1. The third kappa shape index (κ3) is 1.91. The Morgan fingerprint density at radius 1 is 1.47 bits per heavy atom. The molecule has 0 saturated heterocycles. The lowest BCUT2D eigenvalue weighted by Gasteiger charge is -2.35. The molecule has 1 aliphatic heterocycles. The molecule has 0 amide bonds. The van der Waals surface area contributed by atoms with Crippen molar-refractivity contribution in [2.24, 2.45) is 5.73 Å². The van der Waals surface area contributed by atoms with Crippen molar-refractivity contribution in [3.63, 3.8) is 0 Å². The van der Waals surface area contributed by atoms with E-state index in [1.807, 2.05) is 24.3 Å². The first-order chi connectivity index (χ1) is 7.13. The van der Waals surface area contributed by atoms with E-state index in [1.54, 1.807) is 6.92 Å². The summed E-state index contributed by atoms with van der Waals surface area (Å²) in [5.74, 6) is 1.36. The molecule has 4 nitrogen and oxygen atoms in total. The van der Waals surface area contributed by atoms with E-state index in [0.29, 0.717) is 18.1 Å². The predicted octanol–water partition coefficient (Wildman–Crippen LogP) is 0.536. The molecule has 0 radical (unpaired) electrons. The molecule has 0 saturated carbocycles. The summed E-state index contributed by atoms with van der Waals surface area (Å²) in [5, 5.41) is 9.94. The van der Waals surface area contributed by atoms with Crippen LogP contribution in [0.15, 0.2) is 24.3 Å². The lowest BCUT2D eigenvalue weighted by atomic mass is 9.99. The molecule has 0 fully saturated rings. The average molecular weight is 209 g/mol. The van der Waals surface area contributed by atoms with Crippen molar-refractivity contribution < 1.29 is 14.6 Å². The molecule has 2 unspecified atom stereocenters. The van der Waals surface area contributed by atoms with Gasteiger partial charge in [-0.25, -0.2) is 0 Å². The van der Waals surface area contributed by atoms with E-state index in [2.05, 4.69) is 0 Å². The van der Waals surface area contributed by atoms with Gasteiger partial charge in [-0.05, 0) is 19.1 Å².